The minimum absolute atomic E-state index is 0.137. The van der Waals surface area contributed by atoms with Crippen LogP contribution in [-0.2, 0) is 0 Å². The number of piperidine rings is 1. The van der Waals surface area contributed by atoms with Crippen LogP contribution in [0.1, 0.15) is 47.7 Å². The summed E-state index contributed by atoms with van der Waals surface area (Å²) in [6.45, 7) is 7.54. The number of carbonyl (C=O) groups is 1. The van der Waals surface area contributed by atoms with Crippen molar-refractivity contribution in [2.45, 2.75) is 52.6 Å². The van der Waals surface area contributed by atoms with E-state index in [0.717, 1.165) is 21.3 Å². The molecule has 168 valence electrons. The van der Waals surface area contributed by atoms with Crippen molar-refractivity contribution in [2.75, 3.05) is 5.32 Å². The first-order valence-electron chi connectivity index (χ1n) is 10.2. The first kappa shape index (κ1) is 22.5. The largest absolute Gasteiger partial charge is 0.333 e. The zero-order valence-corrected chi connectivity index (χ0v) is 19.8. The van der Waals surface area contributed by atoms with Crippen molar-refractivity contribution in [1.82, 2.24) is 19.9 Å². The first-order chi connectivity index (χ1) is 15.2. The zero-order chi connectivity index (χ0) is 23.0. The fourth-order valence-electron chi connectivity index (χ4n) is 4.04. The van der Waals surface area contributed by atoms with Crippen molar-refractivity contribution >= 4 is 39.5 Å². The summed E-state index contributed by atoms with van der Waals surface area (Å²) in [6, 6.07) is 2.83. The van der Waals surface area contributed by atoms with Crippen molar-refractivity contribution in [2.24, 2.45) is 0 Å². The molecule has 3 aromatic heterocycles. The number of amides is 1. The Kier molecular flexibility index (Phi) is 6.34. The average Bonchev–Trinajstić information content (AvgIpc) is 3.33. The molecule has 10 heteroatoms. The van der Waals surface area contributed by atoms with E-state index in [0.29, 0.717) is 16.5 Å². The van der Waals surface area contributed by atoms with Crippen LogP contribution in [0, 0.1) is 13.8 Å². The first-order valence-corrected chi connectivity index (χ1v) is 11.9. The molecule has 6 nitrogen and oxygen atoms in total. The Bertz CT molecular complexity index is 1150. The van der Waals surface area contributed by atoms with E-state index >= 15 is 0 Å². The molecule has 1 aliphatic heterocycles. The topological polar surface area (TPSA) is 71.0 Å². The van der Waals surface area contributed by atoms with Crippen LogP contribution in [0.4, 0.5) is 19.7 Å². The minimum atomic E-state index is -1.63. The van der Waals surface area contributed by atoms with Gasteiger partial charge in [0.25, 0.3) is 12.0 Å². The standard InChI is InChI=1S/C22H23F2N5OS2/c1-11-7-16(20(23)24)8-12(2)29(11)21(30)15-5-6-18(25-9-15)28-22-27-17(10-31-22)19-13(3)26-14(4)32-19/h5-6,9-12H,7-8H2,1-4H3,(H,25,27,28)/t11-,12+. The van der Waals surface area contributed by atoms with E-state index < -0.39 is 6.08 Å². The quantitative estimate of drug-likeness (QED) is 0.487. The number of hydrogen-bond donors (Lipinski definition) is 1. The molecule has 1 amide bonds. The molecule has 1 aliphatic rings. The number of carbonyl (C=O) groups excluding carboxylic acids is 1. The summed E-state index contributed by atoms with van der Waals surface area (Å²) in [5.41, 5.74) is 2.40. The molecule has 1 saturated heterocycles. The van der Waals surface area contributed by atoms with Crippen LogP contribution in [0.15, 0.2) is 35.4 Å². The molecule has 2 atom stereocenters. The Morgan fingerprint density at radius 3 is 2.44 bits per heavy atom. The third kappa shape index (κ3) is 4.56. The number of nitrogens with zero attached hydrogens (tertiary/aromatic N) is 4. The molecule has 1 N–H and O–H groups in total. The van der Waals surface area contributed by atoms with Gasteiger partial charge in [-0.1, -0.05) is 0 Å². The van der Waals surface area contributed by atoms with E-state index in [-0.39, 0.29) is 36.4 Å². The van der Waals surface area contributed by atoms with Crippen molar-refractivity contribution in [3.63, 3.8) is 0 Å². The van der Waals surface area contributed by atoms with Gasteiger partial charge in [0.1, 0.15) is 5.82 Å². The summed E-state index contributed by atoms with van der Waals surface area (Å²) in [6.07, 6.45) is 0.266. The summed E-state index contributed by atoms with van der Waals surface area (Å²) >= 11 is 3.08. The van der Waals surface area contributed by atoms with E-state index in [2.05, 4.69) is 20.3 Å². The van der Waals surface area contributed by atoms with Gasteiger partial charge in [0.15, 0.2) is 5.13 Å². The smallest absolute Gasteiger partial charge is 0.269 e. The van der Waals surface area contributed by atoms with Gasteiger partial charge in [-0.05, 0) is 58.2 Å². The molecule has 4 rings (SSSR count). The van der Waals surface area contributed by atoms with Crippen molar-refractivity contribution in [3.05, 3.63) is 51.6 Å². The average molecular weight is 476 g/mol. The zero-order valence-electron chi connectivity index (χ0n) is 18.1. The van der Waals surface area contributed by atoms with Crippen LogP contribution < -0.4 is 5.32 Å². The molecule has 0 saturated carbocycles. The van der Waals surface area contributed by atoms with Gasteiger partial charge < -0.3 is 10.2 Å². The third-order valence-electron chi connectivity index (χ3n) is 5.42. The Hall–Kier alpha value is -2.72. The Balaban J connectivity index is 1.45. The van der Waals surface area contributed by atoms with Crippen molar-refractivity contribution in [1.29, 1.82) is 0 Å². The number of anilines is 2. The molecule has 3 aromatic rings. The maximum absolute atomic E-state index is 13.0. The molecule has 0 aromatic carbocycles. The number of hydrogen-bond acceptors (Lipinski definition) is 7. The van der Waals surface area contributed by atoms with Gasteiger partial charge in [0.2, 0.25) is 0 Å². The lowest BCUT2D eigenvalue weighted by Gasteiger charge is -2.39. The van der Waals surface area contributed by atoms with E-state index in [1.807, 2.05) is 19.2 Å². The normalized spacial score (nSPS) is 18.7. The monoisotopic (exact) mass is 475 g/mol. The fourth-order valence-corrected chi connectivity index (χ4v) is 5.70. The second-order valence-corrected chi connectivity index (χ2v) is 9.99. The Morgan fingerprint density at radius 1 is 1.16 bits per heavy atom. The fraction of sp³-hybridized carbons (Fsp3) is 0.364. The van der Waals surface area contributed by atoms with E-state index in [1.165, 1.54) is 17.5 Å². The summed E-state index contributed by atoms with van der Waals surface area (Å²) in [7, 11) is 0. The molecule has 0 aliphatic carbocycles. The van der Waals surface area contributed by atoms with E-state index in [1.54, 1.807) is 42.2 Å². The Labute approximate surface area is 193 Å². The molecular weight excluding hydrogens is 452 g/mol. The second-order valence-electron chi connectivity index (χ2n) is 7.93. The van der Waals surface area contributed by atoms with Gasteiger partial charge >= 0.3 is 0 Å². The van der Waals surface area contributed by atoms with E-state index in [9.17, 15) is 13.6 Å². The van der Waals surface area contributed by atoms with Gasteiger partial charge in [-0.25, -0.2) is 15.0 Å². The number of pyridine rings is 1. The highest BCUT2D eigenvalue weighted by molar-refractivity contribution is 7.16. The number of aromatic nitrogens is 3. The summed E-state index contributed by atoms with van der Waals surface area (Å²) < 4.78 is 26.0. The molecule has 4 heterocycles. The SMILES string of the molecule is Cc1nc(C)c(-c2csc(Nc3ccc(C(=O)N4[C@H](C)CC(=C(F)F)C[C@@H]4C)cn3)n2)s1. The van der Waals surface area contributed by atoms with E-state index in [4.69, 9.17) is 0 Å². The van der Waals surface area contributed by atoms with Crippen LogP contribution in [-0.4, -0.2) is 37.8 Å². The number of halogens is 2. The number of thiazole rings is 2. The van der Waals surface area contributed by atoms with Gasteiger partial charge in [-0.15, -0.1) is 22.7 Å². The molecule has 0 radical (unpaired) electrons. The molecule has 1 fully saturated rings. The lowest BCUT2D eigenvalue weighted by Crippen LogP contribution is -2.48. The van der Waals surface area contributed by atoms with Gasteiger partial charge in [-0.2, -0.15) is 8.78 Å². The van der Waals surface area contributed by atoms with Crippen LogP contribution >= 0.6 is 22.7 Å². The number of nitrogens with one attached hydrogen (secondary N) is 1. The minimum Gasteiger partial charge on any atom is -0.333 e. The molecule has 32 heavy (non-hydrogen) atoms. The highest BCUT2D eigenvalue weighted by atomic mass is 32.1. The lowest BCUT2D eigenvalue weighted by atomic mass is 9.92. The third-order valence-corrected chi connectivity index (χ3v) is 7.27. The number of rotatable bonds is 4. The highest BCUT2D eigenvalue weighted by Gasteiger charge is 2.33. The van der Waals surface area contributed by atoms with Crippen LogP contribution in [0.3, 0.4) is 0 Å². The van der Waals surface area contributed by atoms with Crippen LogP contribution in [0.5, 0.6) is 0 Å². The van der Waals surface area contributed by atoms with Crippen molar-refractivity contribution in [3.8, 4) is 10.6 Å². The van der Waals surface area contributed by atoms with Gasteiger partial charge in [-0.3, -0.25) is 4.79 Å². The molecule has 0 bridgehead atoms. The maximum Gasteiger partial charge on any atom is 0.269 e. The second kappa shape index (κ2) is 9.03. The number of likely N-dealkylation sites (tertiary alicyclic amines) is 1. The lowest BCUT2D eigenvalue weighted by molar-refractivity contribution is 0.0557. The summed E-state index contributed by atoms with van der Waals surface area (Å²) in [5.74, 6) is 0.374. The predicted octanol–water partition coefficient (Wildman–Crippen LogP) is 6.19. The van der Waals surface area contributed by atoms with Crippen LogP contribution in [0.2, 0.25) is 0 Å². The predicted molar refractivity (Wildman–Crippen MR) is 124 cm³/mol. The highest BCUT2D eigenvalue weighted by Crippen LogP contribution is 2.33. The summed E-state index contributed by atoms with van der Waals surface area (Å²) in [4.78, 5) is 29.1. The maximum atomic E-state index is 13.0. The Morgan fingerprint density at radius 2 is 1.88 bits per heavy atom. The summed E-state index contributed by atoms with van der Waals surface area (Å²) in [5, 5.41) is 6.84. The molecule has 0 spiro atoms. The van der Waals surface area contributed by atoms with Gasteiger partial charge in [0, 0.05) is 23.7 Å². The van der Waals surface area contributed by atoms with Gasteiger partial charge in [0.05, 0.1) is 26.8 Å². The van der Waals surface area contributed by atoms with Crippen molar-refractivity contribution < 1.29 is 13.6 Å². The van der Waals surface area contributed by atoms with Crippen LogP contribution in [0.25, 0.3) is 10.6 Å². The number of aryl methyl sites for hydroxylation is 2. The molecule has 0 unspecified atom stereocenters. The molecular formula is C22H23F2N5OS2.